The highest BCUT2D eigenvalue weighted by molar-refractivity contribution is 6.31. The first kappa shape index (κ1) is 13.7. The summed E-state index contributed by atoms with van der Waals surface area (Å²) < 4.78 is 18.5. The van der Waals surface area contributed by atoms with Gasteiger partial charge in [-0.1, -0.05) is 23.7 Å². The Labute approximate surface area is 117 Å². The number of ether oxygens (including phenoxy) is 1. The maximum atomic E-state index is 13.0. The number of rotatable bonds is 5. The zero-order chi connectivity index (χ0) is 13.7. The van der Waals surface area contributed by atoms with Crippen LogP contribution in [-0.2, 0) is 6.54 Å². The molecule has 0 saturated heterocycles. The lowest BCUT2D eigenvalue weighted by Gasteiger charge is -2.09. The third-order valence-corrected chi connectivity index (χ3v) is 2.92. The van der Waals surface area contributed by atoms with E-state index in [4.69, 9.17) is 16.3 Å². The third-order valence-electron chi connectivity index (χ3n) is 2.63. The van der Waals surface area contributed by atoms with Crippen LogP contribution in [0.25, 0.3) is 0 Å². The highest BCUT2D eigenvalue weighted by atomic mass is 35.5. The Kier molecular flexibility index (Phi) is 4.63. The molecule has 0 amide bonds. The molecule has 0 unspecified atom stereocenters. The molecule has 2 aromatic rings. The minimum absolute atomic E-state index is 0.119. The van der Waals surface area contributed by atoms with Crippen LogP contribution in [0, 0.1) is 5.82 Å². The topological polar surface area (TPSA) is 21.3 Å². The molecule has 0 aliphatic rings. The van der Waals surface area contributed by atoms with Gasteiger partial charge in [0.2, 0.25) is 0 Å². The maximum Gasteiger partial charge on any atom is 0.141 e. The number of hydrogen-bond acceptors (Lipinski definition) is 2. The highest BCUT2D eigenvalue weighted by Gasteiger charge is 2.01. The normalized spacial score (nSPS) is 10.3. The average Bonchev–Trinajstić information content (AvgIpc) is 2.41. The smallest absolute Gasteiger partial charge is 0.141 e. The molecule has 19 heavy (non-hydrogen) atoms. The SMILES string of the molecule is CCOc1cccc(CNc2ccc(F)c(Cl)c2)c1. The molecule has 0 atom stereocenters. The van der Waals surface area contributed by atoms with E-state index in [0.717, 1.165) is 17.0 Å². The van der Waals surface area contributed by atoms with Gasteiger partial charge < -0.3 is 10.1 Å². The zero-order valence-corrected chi connectivity index (χ0v) is 11.4. The predicted octanol–water partition coefficient (Wildman–Crippen LogP) is 4.49. The largest absolute Gasteiger partial charge is 0.494 e. The molecule has 2 nitrogen and oxygen atoms in total. The Hall–Kier alpha value is -1.74. The lowest BCUT2D eigenvalue weighted by atomic mass is 10.2. The second kappa shape index (κ2) is 6.43. The summed E-state index contributed by atoms with van der Waals surface area (Å²) in [5.74, 6) is 0.435. The molecule has 0 aromatic heterocycles. The van der Waals surface area contributed by atoms with Crippen molar-refractivity contribution in [2.24, 2.45) is 0 Å². The van der Waals surface area contributed by atoms with Gasteiger partial charge in [-0.2, -0.15) is 0 Å². The summed E-state index contributed by atoms with van der Waals surface area (Å²) in [7, 11) is 0. The Morgan fingerprint density at radius 2 is 2.05 bits per heavy atom. The second-order valence-corrected chi connectivity index (χ2v) is 4.47. The lowest BCUT2D eigenvalue weighted by molar-refractivity contribution is 0.340. The van der Waals surface area contributed by atoms with Gasteiger partial charge in [0.25, 0.3) is 0 Å². The van der Waals surface area contributed by atoms with Gasteiger partial charge >= 0.3 is 0 Å². The van der Waals surface area contributed by atoms with Crippen LogP contribution in [0.2, 0.25) is 5.02 Å². The van der Waals surface area contributed by atoms with Crippen LogP contribution in [0.1, 0.15) is 12.5 Å². The minimum Gasteiger partial charge on any atom is -0.494 e. The van der Waals surface area contributed by atoms with E-state index in [1.165, 1.54) is 6.07 Å². The van der Waals surface area contributed by atoms with Crippen LogP contribution in [-0.4, -0.2) is 6.61 Å². The molecule has 0 fully saturated rings. The predicted molar refractivity (Wildman–Crippen MR) is 76.3 cm³/mol. The first-order chi connectivity index (χ1) is 9.19. The molecule has 1 N–H and O–H groups in total. The summed E-state index contributed by atoms with van der Waals surface area (Å²) in [5, 5.41) is 3.31. The van der Waals surface area contributed by atoms with Crippen molar-refractivity contribution in [1.82, 2.24) is 0 Å². The van der Waals surface area contributed by atoms with Crippen molar-refractivity contribution >= 4 is 17.3 Å². The van der Waals surface area contributed by atoms with Crippen LogP contribution in [0.15, 0.2) is 42.5 Å². The molecule has 4 heteroatoms. The Bertz CT molecular complexity index is 560. The molecule has 0 saturated carbocycles. The van der Waals surface area contributed by atoms with Gasteiger partial charge in [0.05, 0.1) is 11.6 Å². The Balaban J connectivity index is 2.01. The van der Waals surface area contributed by atoms with E-state index in [9.17, 15) is 4.39 Å². The fourth-order valence-corrected chi connectivity index (χ4v) is 1.90. The van der Waals surface area contributed by atoms with E-state index in [1.54, 1.807) is 12.1 Å². The van der Waals surface area contributed by atoms with Gasteiger partial charge in [-0.15, -0.1) is 0 Å². The molecule has 100 valence electrons. The van der Waals surface area contributed by atoms with E-state index >= 15 is 0 Å². The summed E-state index contributed by atoms with van der Waals surface area (Å²) in [5.41, 5.74) is 1.87. The van der Waals surface area contributed by atoms with Gasteiger partial charge in [-0.05, 0) is 42.8 Å². The van der Waals surface area contributed by atoms with Crippen molar-refractivity contribution in [2.45, 2.75) is 13.5 Å². The Morgan fingerprint density at radius 1 is 1.21 bits per heavy atom. The van der Waals surface area contributed by atoms with Gasteiger partial charge in [-0.3, -0.25) is 0 Å². The summed E-state index contributed by atoms with van der Waals surface area (Å²) >= 11 is 5.73. The van der Waals surface area contributed by atoms with Crippen molar-refractivity contribution in [2.75, 3.05) is 11.9 Å². The van der Waals surface area contributed by atoms with E-state index < -0.39 is 5.82 Å². The first-order valence-electron chi connectivity index (χ1n) is 6.09. The van der Waals surface area contributed by atoms with E-state index in [-0.39, 0.29) is 5.02 Å². The highest BCUT2D eigenvalue weighted by Crippen LogP contribution is 2.20. The van der Waals surface area contributed by atoms with Crippen molar-refractivity contribution in [1.29, 1.82) is 0 Å². The maximum absolute atomic E-state index is 13.0. The summed E-state index contributed by atoms with van der Waals surface area (Å²) in [6.07, 6.45) is 0. The van der Waals surface area contributed by atoms with Crippen LogP contribution in [0.4, 0.5) is 10.1 Å². The molecule has 0 aliphatic heterocycles. The fraction of sp³-hybridized carbons (Fsp3) is 0.200. The van der Waals surface area contributed by atoms with Crippen LogP contribution >= 0.6 is 11.6 Å². The van der Waals surface area contributed by atoms with Crippen molar-refractivity contribution < 1.29 is 9.13 Å². The van der Waals surface area contributed by atoms with Crippen LogP contribution in [0.5, 0.6) is 5.75 Å². The molecular weight excluding hydrogens is 265 g/mol. The Morgan fingerprint density at radius 3 is 2.79 bits per heavy atom. The number of anilines is 1. The quantitative estimate of drug-likeness (QED) is 0.871. The first-order valence-corrected chi connectivity index (χ1v) is 6.47. The molecule has 0 aliphatic carbocycles. The molecule has 0 heterocycles. The number of nitrogens with one attached hydrogen (secondary N) is 1. The van der Waals surface area contributed by atoms with Crippen molar-refractivity contribution in [3.8, 4) is 5.75 Å². The molecular formula is C15H15ClFNO. The summed E-state index contributed by atoms with van der Waals surface area (Å²) in [4.78, 5) is 0. The molecule has 0 spiro atoms. The number of halogens is 2. The van der Waals surface area contributed by atoms with Gasteiger partial charge in [0.15, 0.2) is 0 Å². The fourth-order valence-electron chi connectivity index (χ4n) is 1.72. The zero-order valence-electron chi connectivity index (χ0n) is 10.6. The molecule has 0 bridgehead atoms. The van der Waals surface area contributed by atoms with Crippen molar-refractivity contribution in [3.05, 3.63) is 58.9 Å². The monoisotopic (exact) mass is 279 g/mol. The average molecular weight is 280 g/mol. The molecule has 2 rings (SSSR count). The lowest BCUT2D eigenvalue weighted by Crippen LogP contribution is -2.00. The summed E-state index contributed by atoms with van der Waals surface area (Å²) in [6, 6.07) is 12.4. The van der Waals surface area contributed by atoms with Gasteiger partial charge in [0, 0.05) is 12.2 Å². The third kappa shape index (κ3) is 3.86. The standard InChI is InChI=1S/C15H15ClFNO/c1-2-19-13-5-3-4-11(8-13)10-18-12-6-7-15(17)14(16)9-12/h3-9,18H,2,10H2,1H3. The second-order valence-electron chi connectivity index (χ2n) is 4.06. The van der Waals surface area contributed by atoms with E-state index in [2.05, 4.69) is 5.32 Å². The van der Waals surface area contributed by atoms with Crippen LogP contribution in [0.3, 0.4) is 0 Å². The van der Waals surface area contributed by atoms with E-state index in [1.807, 2.05) is 31.2 Å². The van der Waals surface area contributed by atoms with E-state index in [0.29, 0.717) is 13.2 Å². The molecule has 2 aromatic carbocycles. The van der Waals surface area contributed by atoms with Crippen LogP contribution < -0.4 is 10.1 Å². The summed E-state index contributed by atoms with van der Waals surface area (Å²) in [6.45, 7) is 3.22. The minimum atomic E-state index is -0.412. The van der Waals surface area contributed by atoms with Crippen molar-refractivity contribution in [3.63, 3.8) is 0 Å². The molecule has 0 radical (unpaired) electrons. The van der Waals surface area contributed by atoms with Gasteiger partial charge in [-0.25, -0.2) is 4.39 Å². The van der Waals surface area contributed by atoms with Gasteiger partial charge in [0.1, 0.15) is 11.6 Å². The number of benzene rings is 2. The number of hydrogen-bond donors (Lipinski definition) is 1.